The third kappa shape index (κ3) is 71.9. The van der Waals surface area contributed by atoms with E-state index in [1.807, 2.05) is 0 Å². The van der Waals surface area contributed by atoms with Crippen molar-refractivity contribution >= 4 is 5.97 Å². The monoisotopic (exact) mass is 1120 g/mol. The Morgan fingerprint density at radius 2 is 0.562 bits per heavy atom. The highest BCUT2D eigenvalue weighted by atomic mass is 16.5. The fourth-order valence-corrected chi connectivity index (χ4v) is 10.6. The van der Waals surface area contributed by atoms with E-state index < -0.39 is 0 Å². The zero-order chi connectivity index (χ0) is 58.6. The third-order valence-corrected chi connectivity index (χ3v) is 16.0. The predicted molar refractivity (Wildman–Crippen MR) is 363 cm³/mol. The van der Waals surface area contributed by atoms with Crippen LogP contribution in [0.15, 0.2) is 72.9 Å². The predicted octanol–water partition coefficient (Wildman–Crippen LogP) is 24.9. The second-order valence-corrected chi connectivity index (χ2v) is 24.9. The van der Waals surface area contributed by atoms with E-state index >= 15 is 0 Å². The van der Waals surface area contributed by atoms with Crippen LogP contribution in [0, 0.1) is 5.92 Å². The molecular formula is C76H144N2O2. The maximum absolute atomic E-state index is 12.5. The minimum Gasteiger partial charge on any atom is -0.462 e. The first-order chi connectivity index (χ1) is 39.3. The van der Waals surface area contributed by atoms with Gasteiger partial charge in [-0.1, -0.05) is 287 Å². The number of nitrogens with zero attached hydrogens (tertiary/aromatic N) is 2. The number of hydrogen-bond donors (Lipinski definition) is 0. The molecule has 0 bridgehead atoms. The molecule has 0 aromatic carbocycles. The Balaban J connectivity index is 0. The van der Waals surface area contributed by atoms with Crippen LogP contribution in [0.3, 0.4) is 0 Å². The first-order valence-electron chi connectivity index (χ1n) is 35.7. The minimum absolute atomic E-state index is 0.00641. The van der Waals surface area contributed by atoms with Crippen molar-refractivity contribution in [2.24, 2.45) is 5.92 Å². The van der Waals surface area contributed by atoms with Gasteiger partial charge in [-0.25, -0.2) is 0 Å². The van der Waals surface area contributed by atoms with E-state index in [0.717, 1.165) is 51.0 Å². The molecule has 4 heteroatoms. The Bertz CT molecular complexity index is 1310. The first kappa shape index (κ1) is 79.9. The SMILES string of the molecule is CCCCC/C=C\C/C=C\CCCCCCCCC(CCCCCCCC/C=C\C/C=C\CCCCC)OC(=O)CCCN(C)C.CCCCC/C=C\C/C=C\CCCCCCCCCC(CCCCCCCCC)CCN(C)C. The molecule has 0 radical (unpaired) electrons. The van der Waals surface area contributed by atoms with Crippen LogP contribution in [0.4, 0.5) is 0 Å². The van der Waals surface area contributed by atoms with Crippen molar-refractivity contribution in [1.82, 2.24) is 9.80 Å². The van der Waals surface area contributed by atoms with Gasteiger partial charge in [0.25, 0.3) is 0 Å². The Hall–Kier alpha value is -2.17. The molecule has 0 rings (SSSR count). The average Bonchev–Trinajstić information content (AvgIpc) is 3.44. The quantitative estimate of drug-likeness (QED) is 0.0345. The van der Waals surface area contributed by atoms with Gasteiger partial charge in [-0.3, -0.25) is 4.79 Å². The highest BCUT2D eigenvalue weighted by molar-refractivity contribution is 5.69. The van der Waals surface area contributed by atoms with Crippen molar-refractivity contribution in [3.63, 3.8) is 0 Å². The number of allylic oxidation sites excluding steroid dienone is 12. The summed E-state index contributed by atoms with van der Waals surface area (Å²) in [6.45, 7) is 11.3. The molecule has 0 saturated heterocycles. The van der Waals surface area contributed by atoms with Crippen molar-refractivity contribution < 1.29 is 9.53 Å². The van der Waals surface area contributed by atoms with E-state index in [9.17, 15) is 4.79 Å². The number of unbranched alkanes of at least 4 members (excludes halogenated alkanes) is 34. The molecule has 0 aromatic rings. The number of esters is 1. The van der Waals surface area contributed by atoms with Gasteiger partial charge in [0, 0.05) is 6.42 Å². The minimum atomic E-state index is 0.00641. The molecule has 0 heterocycles. The lowest BCUT2D eigenvalue weighted by Crippen LogP contribution is -2.20. The Morgan fingerprint density at radius 3 is 0.875 bits per heavy atom. The summed E-state index contributed by atoms with van der Waals surface area (Å²) >= 11 is 0. The van der Waals surface area contributed by atoms with E-state index in [4.69, 9.17) is 4.74 Å². The number of carbonyl (C=O) groups excluding carboxylic acids is 1. The lowest BCUT2D eigenvalue weighted by atomic mass is 9.91. The fraction of sp³-hybridized carbons (Fsp3) is 0.829. The number of rotatable bonds is 62. The van der Waals surface area contributed by atoms with Crippen molar-refractivity contribution in [3.8, 4) is 0 Å². The van der Waals surface area contributed by atoms with Crippen molar-refractivity contribution in [1.29, 1.82) is 0 Å². The molecule has 4 nitrogen and oxygen atoms in total. The summed E-state index contributed by atoms with van der Waals surface area (Å²) < 4.78 is 6.00. The zero-order valence-corrected chi connectivity index (χ0v) is 55.8. The highest BCUT2D eigenvalue weighted by Crippen LogP contribution is 2.23. The van der Waals surface area contributed by atoms with Gasteiger partial charge in [0.15, 0.2) is 0 Å². The van der Waals surface area contributed by atoms with Gasteiger partial charge < -0.3 is 14.5 Å². The van der Waals surface area contributed by atoms with E-state index in [2.05, 4.69) is 139 Å². The molecule has 0 aliphatic rings. The molecule has 0 aromatic heterocycles. The van der Waals surface area contributed by atoms with E-state index in [-0.39, 0.29) is 12.1 Å². The van der Waals surface area contributed by atoms with Gasteiger partial charge >= 0.3 is 5.97 Å². The van der Waals surface area contributed by atoms with Crippen LogP contribution in [-0.4, -0.2) is 63.2 Å². The van der Waals surface area contributed by atoms with Gasteiger partial charge in [-0.05, 0) is 182 Å². The van der Waals surface area contributed by atoms with Crippen LogP contribution in [-0.2, 0) is 9.53 Å². The van der Waals surface area contributed by atoms with Crippen molar-refractivity contribution in [2.75, 3.05) is 41.3 Å². The lowest BCUT2D eigenvalue weighted by molar-refractivity contribution is -0.150. The lowest BCUT2D eigenvalue weighted by Gasteiger charge is -2.19. The topological polar surface area (TPSA) is 32.8 Å². The average molecular weight is 1120 g/mol. The molecule has 1 atom stereocenters. The van der Waals surface area contributed by atoms with Crippen LogP contribution in [0.2, 0.25) is 0 Å². The standard InChI is InChI=1S/C43H79NO2.C33H65N/c1-5-7-9-11-13-15-17-19-21-23-25-27-29-31-33-35-38-42(46-43(45)40-37-41-44(3)4)39-36-34-32-30-28-26-24-22-20-18-16-14-12-10-8-6-2;1-5-7-9-11-13-14-15-16-17-18-19-20-21-22-24-26-28-30-33(31-32-34(3)4)29-27-25-23-12-10-8-6-2/h13-16,19-22,42H,5-12,17-18,23-41H2,1-4H3;13-14,16-17,33H,5-12,15,18-32H2,1-4H3/b15-13-,16-14-,21-19-,22-20-;14-13-,17-16-. The molecular weight excluding hydrogens is 973 g/mol. The number of carbonyl (C=O) groups is 1. The normalized spacial score (nSPS) is 12.7. The Labute approximate surface area is 504 Å². The van der Waals surface area contributed by atoms with Crippen molar-refractivity contribution in [2.45, 2.75) is 361 Å². The Kier molecular flexibility index (Phi) is 71.0. The van der Waals surface area contributed by atoms with Gasteiger partial charge in [0.1, 0.15) is 6.10 Å². The summed E-state index contributed by atoms with van der Waals surface area (Å²) in [7, 11) is 8.58. The van der Waals surface area contributed by atoms with Crippen molar-refractivity contribution in [3.05, 3.63) is 72.9 Å². The van der Waals surface area contributed by atoms with Crippen LogP contribution in [0.25, 0.3) is 0 Å². The molecule has 0 N–H and O–H groups in total. The molecule has 80 heavy (non-hydrogen) atoms. The van der Waals surface area contributed by atoms with Crippen LogP contribution >= 0.6 is 0 Å². The first-order valence-corrected chi connectivity index (χ1v) is 35.7. The summed E-state index contributed by atoms with van der Waals surface area (Å²) in [5.74, 6) is 0.975. The summed E-state index contributed by atoms with van der Waals surface area (Å²) in [4.78, 5) is 17.0. The van der Waals surface area contributed by atoms with E-state index in [1.54, 1.807) is 0 Å². The molecule has 0 spiro atoms. The van der Waals surface area contributed by atoms with Crippen LogP contribution < -0.4 is 0 Å². The Morgan fingerprint density at radius 1 is 0.300 bits per heavy atom. The molecule has 0 aliphatic carbocycles. The van der Waals surface area contributed by atoms with E-state index in [1.165, 1.54) is 289 Å². The summed E-state index contributed by atoms with van der Waals surface area (Å²) in [6.07, 6.45) is 94.4. The largest absolute Gasteiger partial charge is 0.462 e. The molecule has 0 saturated carbocycles. The van der Waals surface area contributed by atoms with Gasteiger partial charge in [0.2, 0.25) is 0 Å². The smallest absolute Gasteiger partial charge is 0.306 e. The molecule has 470 valence electrons. The summed E-state index contributed by atoms with van der Waals surface area (Å²) in [6, 6.07) is 0. The number of hydrogen-bond acceptors (Lipinski definition) is 4. The summed E-state index contributed by atoms with van der Waals surface area (Å²) in [5.41, 5.74) is 0. The maximum Gasteiger partial charge on any atom is 0.306 e. The second kappa shape index (κ2) is 71.1. The van der Waals surface area contributed by atoms with Crippen LogP contribution in [0.5, 0.6) is 0 Å². The molecule has 0 amide bonds. The van der Waals surface area contributed by atoms with E-state index in [0.29, 0.717) is 6.42 Å². The third-order valence-electron chi connectivity index (χ3n) is 16.0. The zero-order valence-electron chi connectivity index (χ0n) is 55.8. The highest BCUT2D eigenvalue weighted by Gasteiger charge is 2.15. The molecule has 1 unspecified atom stereocenters. The summed E-state index contributed by atoms with van der Waals surface area (Å²) in [5, 5.41) is 0. The molecule has 0 aliphatic heterocycles. The number of ether oxygens (including phenoxy) is 1. The van der Waals surface area contributed by atoms with Gasteiger partial charge in [0.05, 0.1) is 0 Å². The maximum atomic E-state index is 12.5. The van der Waals surface area contributed by atoms with Gasteiger partial charge in [-0.2, -0.15) is 0 Å². The van der Waals surface area contributed by atoms with Gasteiger partial charge in [-0.15, -0.1) is 0 Å². The second-order valence-electron chi connectivity index (χ2n) is 24.9. The molecule has 0 fully saturated rings. The fourth-order valence-electron chi connectivity index (χ4n) is 10.6. The van der Waals surface area contributed by atoms with Crippen LogP contribution in [0.1, 0.15) is 355 Å².